The first-order valence-corrected chi connectivity index (χ1v) is 9.86. The van der Waals surface area contributed by atoms with Gasteiger partial charge in [0.15, 0.2) is 0 Å². The topological polar surface area (TPSA) is 59.1 Å². The van der Waals surface area contributed by atoms with Crippen LogP contribution in [-0.4, -0.2) is 71.8 Å². The fourth-order valence-electron chi connectivity index (χ4n) is 4.70. The number of nitrogens with zero attached hydrogens (tertiary/aromatic N) is 4. The first-order valence-electron chi connectivity index (χ1n) is 9.86. The molecule has 0 saturated carbocycles. The Morgan fingerprint density at radius 1 is 1.25 bits per heavy atom. The molecule has 3 aliphatic heterocycles. The van der Waals surface area contributed by atoms with Gasteiger partial charge in [-0.25, -0.2) is 4.79 Å². The Labute approximate surface area is 166 Å². The van der Waals surface area contributed by atoms with Gasteiger partial charge in [-0.15, -0.1) is 0 Å². The molecule has 1 aromatic carbocycles. The summed E-state index contributed by atoms with van der Waals surface area (Å²) in [6.45, 7) is 12.0. The third-order valence-electron chi connectivity index (χ3n) is 5.94. The van der Waals surface area contributed by atoms with Crippen LogP contribution >= 0.6 is 0 Å². The maximum atomic E-state index is 13.3. The number of benzene rings is 1. The van der Waals surface area contributed by atoms with E-state index < -0.39 is 0 Å². The molecule has 4 unspecified atom stereocenters. The molecule has 0 radical (unpaired) electrons. The average molecular weight is 383 g/mol. The van der Waals surface area contributed by atoms with Gasteiger partial charge in [0.25, 0.3) is 5.91 Å². The number of anilines is 1. The van der Waals surface area contributed by atoms with E-state index >= 15 is 0 Å². The molecule has 1 aromatic rings. The number of imide groups is 1. The Kier molecular flexibility index (Phi) is 4.67. The number of rotatable bonds is 3. The summed E-state index contributed by atoms with van der Waals surface area (Å²) < 4.78 is 0. The van der Waals surface area contributed by atoms with Crippen LogP contribution in [0.15, 0.2) is 36.4 Å². The maximum absolute atomic E-state index is 13.3. The molecule has 0 spiro atoms. The molecule has 3 saturated heterocycles. The summed E-state index contributed by atoms with van der Waals surface area (Å²) in [6.07, 6.45) is -0.445. The van der Waals surface area contributed by atoms with Crippen LogP contribution in [0.1, 0.15) is 19.4 Å². The molecule has 3 heterocycles. The van der Waals surface area contributed by atoms with E-state index in [-0.39, 0.29) is 37.0 Å². The van der Waals surface area contributed by atoms with E-state index in [1.807, 2.05) is 19.1 Å². The van der Waals surface area contributed by atoms with Gasteiger partial charge in [0, 0.05) is 25.8 Å². The molecule has 150 valence electrons. The van der Waals surface area contributed by atoms with Gasteiger partial charge in [0.05, 0.1) is 6.54 Å². The summed E-state index contributed by atoms with van der Waals surface area (Å²) in [4.78, 5) is 33.7. The maximum Gasteiger partial charge on any atom is 0.328 e. The monoisotopic (exact) mass is 383 g/mol. The second-order valence-electron chi connectivity index (χ2n) is 8.45. The van der Waals surface area contributed by atoms with E-state index in [0.29, 0.717) is 5.92 Å². The zero-order valence-corrected chi connectivity index (χ0v) is 17.1. The summed E-state index contributed by atoms with van der Waals surface area (Å²) in [5.74, 6) is 0.270. The molecular weight excluding hydrogens is 354 g/mol. The third-order valence-corrected chi connectivity index (χ3v) is 5.94. The van der Waals surface area contributed by atoms with Crippen LogP contribution in [0.5, 0.6) is 0 Å². The van der Waals surface area contributed by atoms with Crippen molar-refractivity contribution in [2.75, 3.05) is 31.6 Å². The van der Waals surface area contributed by atoms with Crippen molar-refractivity contribution < 1.29 is 9.59 Å². The smallest absolute Gasteiger partial charge is 0.328 e. The van der Waals surface area contributed by atoms with Gasteiger partial charge in [0.1, 0.15) is 18.5 Å². The third kappa shape index (κ3) is 2.89. The van der Waals surface area contributed by atoms with E-state index in [1.165, 1.54) is 10.5 Å². The number of para-hydroxylation sites is 1. The van der Waals surface area contributed by atoms with Gasteiger partial charge in [-0.3, -0.25) is 19.9 Å². The molecule has 0 bridgehead atoms. The lowest BCUT2D eigenvalue weighted by Gasteiger charge is -2.46. The zero-order chi connectivity index (χ0) is 20.2. The summed E-state index contributed by atoms with van der Waals surface area (Å²) in [7, 11) is 1.77. The van der Waals surface area contributed by atoms with Gasteiger partial charge in [-0.05, 0) is 31.4 Å². The van der Waals surface area contributed by atoms with Crippen LogP contribution < -0.4 is 10.2 Å². The van der Waals surface area contributed by atoms with Gasteiger partial charge in [-0.1, -0.05) is 37.3 Å². The highest BCUT2D eigenvalue weighted by Crippen LogP contribution is 2.35. The number of nitrogens with one attached hydrogen (secondary N) is 1. The molecule has 4 rings (SSSR count). The van der Waals surface area contributed by atoms with Gasteiger partial charge < -0.3 is 9.80 Å². The number of hydrogen-bond acceptors (Lipinski definition) is 5. The highest BCUT2D eigenvalue weighted by molar-refractivity contribution is 6.00. The summed E-state index contributed by atoms with van der Waals surface area (Å²) in [6, 6.07) is 7.66. The fraction of sp³-hybridized carbons (Fsp3) is 0.524. The number of urea groups is 1. The average Bonchev–Trinajstić information content (AvgIpc) is 3.02. The van der Waals surface area contributed by atoms with Crippen LogP contribution in [0.4, 0.5) is 10.5 Å². The Morgan fingerprint density at radius 3 is 2.64 bits per heavy atom. The van der Waals surface area contributed by atoms with Crippen molar-refractivity contribution in [1.29, 1.82) is 0 Å². The number of carbonyl (C=O) groups is 2. The summed E-state index contributed by atoms with van der Waals surface area (Å²) >= 11 is 0. The van der Waals surface area contributed by atoms with Crippen molar-refractivity contribution in [3.8, 4) is 0 Å². The van der Waals surface area contributed by atoms with Crippen molar-refractivity contribution >= 4 is 17.6 Å². The second-order valence-corrected chi connectivity index (χ2v) is 8.45. The van der Waals surface area contributed by atoms with Crippen molar-refractivity contribution in [2.24, 2.45) is 5.92 Å². The lowest BCUT2D eigenvalue weighted by Crippen LogP contribution is -2.66. The van der Waals surface area contributed by atoms with E-state index in [1.54, 1.807) is 11.9 Å². The minimum Gasteiger partial charge on any atom is -0.343 e. The number of aryl methyl sites for hydroxylation is 1. The van der Waals surface area contributed by atoms with Crippen LogP contribution in [-0.2, 0) is 4.79 Å². The highest BCUT2D eigenvalue weighted by atomic mass is 16.2. The van der Waals surface area contributed by atoms with Crippen molar-refractivity contribution in [1.82, 2.24) is 20.0 Å². The lowest BCUT2D eigenvalue weighted by molar-refractivity contribution is -0.138. The number of hydrogen-bond donors (Lipinski definition) is 1. The molecule has 1 N–H and O–H groups in total. The summed E-state index contributed by atoms with van der Waals surface area (Å²) in [5.41, 5.74) is 3.16. The Bertz CT molecular complexity index is 825. The summed E-state index contributed by atoms with van der Waals surface area (Å²) in [5, 5.41) is 3.56. The van der Waals surface area contributed by atoms with Gasteiger partial charge in [-0.2, -0.15) is 0 Å². The quantitative estimate of drug-likeness (QED) is 0.807. The van der Waals surface area contributed by atoms with E-state index in [9.17, 15) is 9.59 Å². The predicted molar refractivity (Wildman–Crippen MR) is 109 cm³/mol. The molecule has 3 aliphatic rings. The van der Waals surface area contributed by atoms with E-state index in [2.05, 4.69) is 47.7 Å². The normalized spacial score (nSPS) is 30.5. The Hall–Kier alpha value is -2.38. The van der Waals surface area contributed by atoms with Gasteiger partial charge >= 0.3 is 6.03 Å². The van der Waals surface area contributed by atoms with Gasteiger partial charge in [0.2, 0.25) is 0 Å². The van der Waals surface area contributed by atoms with E-state index in [0.717, 1.165) is 24.4 Å². The minimum atomic E-state index is -0.388. The van der Waals surface area contributed by atoms with Crippen LogP contribution in [0.2, 0.25) is 0 Å². The van der Waals surface area contributed by atoms with Crippen molar-refractivity contribution in [3.63, 3.8) is 0 Å². The fourth-order valence-corrected chi connectivity index (χ4v) is 4.70. The van der Waals surface area contributed by atoms with Crippen molar-refractivity contribution in [3.05, 3.63) is 42.0 Å². The Balaban J connectivity index is 1.70. The molecule has 7 nitrogen and oxygen atoms in total. The molecule has 0 aliphatic carbocycles. The SMILES string of the molecule is C=C(C)CN1C(=O)C2C(NC3N(c4ccccc4C)CC(C)CN23)N(C)C1=O. The largest absolute Gasteiger partial charge is 0.343 e. The zero-order valence-electron chi connectivity index (χ0n) is 17.1. The molecule has 7 heteroatoms. The molecule has 0 aromatic heterocycles. The number of carbonyl (C=O) groups excluding carboxylic acids is 2. The molecular formula is C21H29N5O2. The number of fused-ring (bicyclic) bond motifs is 3. The Morgan fingerprint density at radius 2 is 1.96 bits per heavy atom. The molecule has 4 atom stereocenters. The first-order chi connectivity index (χ1) is 13.3. The van der Waals surface area contributed by atoms with Crippen LogP contribution in [0.3, 0.4) is 0 Å². The second kappa shape index (κ2) is 6.90. The molecule has 3 amide bonds. The standard InChI is InChI=1S/C21H29N5O2/c1-13(2)10-26-19(27)17-18(23(5)21(26)28)22-20-24(11-14(3)12-25(17)20)16-9-7-6-8-15(16)4/h6-9,14,17-18,20,22H,1,10-12H2,2-5H3. The number of likely N-dealkylation sites (N-methyl/N-ethyl adjacent to an activating group) is 1. The van der Waals surface area contributed by atoms with Crippen LogP contribution in [0, 0.1) is 12.8 Å². The van der Waals surface area contributed by atoms with Crippen molar-refractivity contribution in [2.45, 2.75) is 39.3 Å². The predicted octanol–water partition coefficient (Wildman–Crippen LogP) is 1.80. The molecule has 3 fully saturated rings. The first kappa shape index (κ1) is 19.0. The molecule has 28 heavy (non-hydrogen) atoms. The highest BCUT2D eigenvalue weighted by Gasteiger charge is 2.56. The number of amides is 3. The van der Waals surface area contributed by atoms with Crippen LogP contribution in [0.25, 0.3) is 0 Å². The lowest BCUT2D eigenvalue weighted by atomic mass is 10.0. The van der Waals surface area contributed by atoms with E-state index in [4.69, 9.17) is 0 Å². The minimum absolute atomic E-state index is 0.115.